The van der Waals surface area contributed by atoms with Crippen LogP contribution in [0.3, 0.4) is 0 Å². The number of carbonyl (C=O) groups excluding carboxylic acids is 1. The minimum Gasteiger partial charge on any atom is -0.441 e. The van der Waals surface area contributed by atoms with Gasteiger partial charge in [0.25, 0.3) is 0 Å². The quantitative estimate of drug-likeness (QED) is 0.847. The van der Waals surface area contributed by atoms with Crippen LogP contribution >= 0.6 is 0 Å². The van der Waals surface area contributed by atoms with E-state index in [-0.39, 0.29) is 5.91 Å². The van der Waals surface area contributed by atoms with Crippen molar-refractivity contribution in [2.24, 2.45) is 5.92 Å². The lowest BCUT2D eigenvalue weighted by Gasteiger charge is -2.44. The summed E-state index contributed by atoms with van der Waals surface area (Å²) in [6, 6.07) is 10.6. The van der Waals surface area contributed by atoms with E-state index in [0.717, 1.165) is 17.9 Å². The first-order chi connectivity index (χ1) is 13.3. The van der Waals surface area contributed by atoms with Gasteiger partial charge in [0.1, 0.15) is 0 Å². The molecule has 0 unspecified atom stereocenters. The van der Waals surface area contributed by atoms with Gasteiger partial charge in [-0.3, -0.25) is 4.79 Å². The van der Waals surface area contributed by atoms with Crippen LogP contribution in [0, 0.1) is 5.92 Å². The van der Waals surface area contributed by atoms with E-state index in [1.165, 1.54) is 45.2 Å². The number of piperidine rings is 2. The second-order valence-electron chi connectivity index (χ2n) is 7.79. The average Bonchev–Trinajstić information content (AvgIpc) is 3.20. The lowest BCUT2D eigenvalue weighted by molar-refractivity contribution is -0.121. The SMILES string of the molecule is O=C(CCc1ncc(-c2ccccc2)o1)NC[C@H]1CCCN2CCCC[C@H]12. The number of oxazole rings is 1. The van der Waals surface area contributed by atoms with E-state index in [2.05, 4.69) is 15.2 Å². The van der Waals surface area contributed by atoms with E-state index < -0.39 is 0 Å². The number of nitrogens with one attached hydrogen (secondary N) is 1. The molecule has 1 N–H and O–H groups in total. The predicted octanol–water partition coefficient (Wildman–Crippen LogP) is 3.65. The van der Waals surface area contributed by atoms with E-state index in [1.54, 1.807) is 6.20 Å². The summed E-state index contributed by atoms with van der Waals surface area (Å²) in [5.41, 5.74) is 1.01. The van der Waals surface area contributed by atoms with E-state index >= 15 is 0 Å². The van der Waals surface area contributed by atoms with Gasteiger partial charge in [-0.2, -0.15) is 0 Å². The first-order valence-corrected chi connectivity index (χ1v) is 10.3. The van der Waals surface area contributed by atoms with Gasteiger partial charge in [-0.05, 0) is 44.7 Å². The minimum atomic E-state index is 0.0994. The molecule has 0 aliphatic carbocycles. The van der Waals surface area contributed by atoms with Crippen molar-refractivity contribution < 1.29 is 9.21 Å². The van der Waals surface area contributed by atoms with Crippen LogP contribution in [0.4, 0.5) is 0 Å². The molecule has 2 aliphatic rings. The number of benzene rings is 1. The molecule has 5 heteroatoms. The largest absolute Gasteiger partial charge is 0.441 e. The Bertz CT molecular complexity index is 741. The highest BCUT2D eigenvalue weighted by atomic mass is 16.4. The Morgan fingerprint density at radius 2 is 2.00 bits per heavy atom. The van der Waals surface area contributed by atoms with Crippen LogP contribution in [0.2, 0.25) is 0 Å². The zero-order valence-electron chi connectivity index (χ0n) is 15.9. The molecule has 27 heavy (non-hydrogen) atoms. The normalized spacial score (nSPS) is 23.0. The molecule has 144 valence electrons. The van der Waals surface area contributed by atoms with Crippen LogP contribution < -0.4 is 5.32 Å². The lowest BCUT2D eigenvalue weighted by atomic mass is 9.83. The highest BCUT2D eigenvalue weighted by Gasteiger charge is 2.32. The fourth-order valence-electron chi connectivity index (χ4n) is 4.53. The topological polar surface area (TPSA) is 58.4 Å². The average molecular weight is 367 g/mol. The smallest absolute Gasteiger partial charge is 0.220 e. The molecular weight excluding hydrogens is 338 g/mol. The van der Waals surface area contributed by atoms with Gasteiger partial charge in [0.2, 0.25) is 5.91 Å². The highest BCUT2D eigenvalue weighted by Crippen LogP contribution is 2.30. The number of nitrogens with zero attached hydrogens (tertiary/aromatic N) is 2. The summed E-state index contributed by atoms with van der Waals surface area (Å²) in [6.07, 6.45) is 9.16. The number of aryl methyl sites for hydroxylation is 1. The van der Waals surface area contributed by atoms with Crippen LogP contribution in [0.25, 0.3) is 11.3 Å². The zero-order chi connectivity index (χ0) is 18.5. The monoisotopic (exact) mass is 367 g/mol. The first kappa shape index (κ1) is 18.2. The Morgan fingerprint density at radius 3 is 2.89 bits per heavy atom. The molecule has 0 saturated carbocycles. The Balaban J connectivity index is 1.24. The van der Waals surface area contributed by atoms with Crippen molar-refractivity contribution in [2.75, 3.05) is 19.6 Å². The first-order valence-electron chi connectivity index (χ1n) is 10.3. The van der Waals surface area contributed by atoms with Crippen molar-refractivity contribution in [3.8, 4) is 11.3 Å². The van der Waals surface area contributed by atoms with E-state index in [1.807, 2.05) is 30.3 Å². The molecule has 0 spiro atoms. The van der Waals surface area contributed by atoms with Gasteiger partial charge >= 0.3 is 0 Å². The molecule has 2 aromatic rings. The second kappa shape index (κ2) is 8.70. The van der Waals surface area contributed by atoms with Gasteiger partial charge in [0.15, 0.2) is 11.7 Å². The standard InChI is InChI=1S/C22H29N3O2/c26-21(23-15-18-9-6-14-25-13-5-4-10-19(18)25)11-12-22-24-16-20(27-22)17-7-2-1-3-8-17/h1-3,7-8,16,18-19H,4-6,9-15H2,(H,23,26)/t18-,19-/m1/s1. The fraction of sp³-hybridized carbons (Fsp3) is 0.545. The van der Waals surface area contributed by atoms with Crippen LogP contribution in [-0.2, 0) is 11.2 Å². The molecule has 2 aliphatic heterocycles. The molecule has 2 atom stereocenters. The molecule has 3 heterocycles. The number of hydrogen-bond acceptors (Lipinski definition) is 4. The highest BCUT2D eigenvalue weighted by molar-refractivity contribution is 5.76. The van der Waals surface area contributed by atoms with Crippen molar-refractivity contribution in [3.05, 3.63) is 42.4 Å². The lowest BCUT2D eigenvalue weighted by Crippen LogP contribution is -2.51. The van der Waals surface area contributed by atoms with Crippen molar-refractivity contribution in [1.29, 1.82) is 0 Å². The van der Waals surface area contributed by atoms with E-state index in [9.17, 15) is 4.79 Å². The summed E-state index contributed by atoms with van der Waals surface area (Å²) in [5, 5.41) is 3.16. The maximum atomic E-state index is 12.3. The molecule has 0 bridgehead atoms. The van der Waals surface area contributed by atoms with E-state index in [4.69, 9.17) is 4.42 Å². The Morgan fingerprint density at radius 1 is 1.15 bits per heavy atom. The summed E-state index contributed by atoms with van der Waals surface area (Å²) in [5.74, 6) is 2.09. The third-order valence-electron chi connectivity index (χ3n) is 5.97. The zero-order valence-corrected chi connectivity index (χ0v) is 15.9. The molecule has 4 rings (SSSR count). The number of fused-ring (bicyclic) bond motifs is 1. The van der Waals surface area contributed by atoms with Crippen LogP contribution in [0.15, 0.2) is 40.9 Å². The molecule has 1 aromatic heterocycles. The van der Waals surface area contributed by atoms with Gasteiger partial charge in [-0.25, -0.2) is 4.98 Å². The van der Waals surface area contributed by atoms with Gasteiger partial charge < -0.3 is 14.6 Å². The summed E-state index contributed by atoms with van der Waals surface area (Å²) >= 11 is 0. The molecule has 1 amide bonds. The number of hydrogen-bond donors (Lipinski definition) is 1. The van der Waals surface area contributed by atoms with Crippen molar-refractivity contribution in [2.45, 2.75) is 51.0 Å². The number of rotatable bonds is 6. The van der Waals surface area contributed by atoms with Crippen LogP contribution in [0.5, 0.6) is 0 Å². The van der Waals surface area contributed by atoms with Gasteiger partial charge in [0.05, 0.1) is 6.20 Å². The summed E-state index contributed by atoms with van der Waals surface area (Å²) in [6.45, 7) is 3.28. The second-order valence-corrected chi connectivity index (χ2v) is 7.79. The third-order valence-corrected chi connectivity index (χ3v) is 5.97. The molecule has 2 saturated heterocycles. The van der Waals surface area contributed by atoms with E-state index in [0.29, 0.717) is 30.7 Å². The number of amides is 1. The van der Waals surface area contributed by atoms with Crippen LogP contribution in [0.1, 0.15) is 44.4 Å². The Hall–Kier alpha value is -2.14. The Kier molecular flexibility index (Phi) is 5.87. The molecular formula is C22H29N3O2. The maximum Gasteiger partial charge on any atom is 0.220 e. The number of carbonyl (C=O) groups is 1. The van der Waals surface area contributed by atoms with Crippen molar-refractivity contribution >= 4 is 5.91 Å². The summed E-state index contributed by atoms with van der Waals surface area (Å²) < 4.78 is 5.79. The van der Waals surface area contributed by atoms with Gasteiger partial charge in [-0.15, -0.1) is 0 Å². The summed E-state index contributed by atoms with van der Waals surface area (Å²) in [4.78, 5) is 19.3. The fourth-order valence-corrected chi connectivity index (χ4v) is 4.53. The minimum absolute atomic E-state index is 0.0994. The maximum absolute atomic E-state index is 12.3. The van der Waals surface area contributed by atoms with Gasteiger partial charge in [0, 0.05) is 31.0 Å². The molecule has 2 fully saturated rings. The molecule has 1 aromatic carbocycles. The number of aromatic nitrogens is 1. The third kappa shape index (κ3) is 4.59. The molecule has 5 nitrogen and oxygen atoms in total. The Labute approximate surface area is 161 Å². The predicted molar refractivity (Wildman–Crippen MR) is 105 cm³/mol. The van der Waals surface area contributed by atoms with Crippen LogP contribution in [-0.4, -0.2) is 41.5 Å². The van der Waals surface area contributed by atoms with Crippen molar-refractivity contribution in [1.82, 2.24) is 15.2 Å². The van der Waals surface area contributed by atoms with Gasteiger partial charge in [-0.1, -0.05) is 36.8 Å². The summed E-state index contributed by atoms with van der Waals surface area (Å²) in [7, 11) is 0. The van der Waals surface area contributed by atoms with Crippen molar-refractivity contribution in [3.63, 3.8) is 0 Å². The molecule has 0 radical (unpaired) electrons.